The lowest BCUT2D eigenvalue weighted by Gasteiger charge is -2.13. The first kappa shape index (κ1) is 17.8. The zero-order valence-corrected chi connectivity index (χ0v) is 15.0. The van der Waals surface area contributed by atoms with Crippen molar-refractivity contribution >= 4 is 16.7 Å². The van der Waals surface area contributed by atoms with E-state index in [2.05, 4.69) is 6.92 Å². The number of ether oxygens (including phenoxy) is 2. The predicted octanol–water partition coefficient (Wildman–Crippen LogP) is 5.22. The molecule has 0 aliphatic heterocycles. The van der Waals surface area contributed by atoms with Gasteiger partial charge >= 0.3 is 5.97 Å². The summed E-state index contributed by atoms with van der Waals surface area (Å²) in [5.74, 6) is 1.54. The summed E-state index contributed by atoms with van der Waals surface area (Å²) in [6.07, 6.45) is 1.50. The molecule has 0 bridgehead atoms. The maximum absolute atomic E-state index is 10.8. The van der Waals surface area contributed by atoms with Crippen molar-refractivity contribution < 1.29 is 19.4 Å². The Morgan fingerprint density at radius 1 is 0.962 bits per heavy atom. The predicted molar refractivity (Wildman–Crippen MR) is 102 cm³/mol. The van der Waals surface area contributed by atoms with Crippen LogP contribution in [0.15, 0.2) is 54.6 Å². The molecular weight excluding hydrogens is 328 g/mol. The average molecular weight is 350 g/mol. The fraction of sp³-hybridized carbons (Fsp3) is 0.227. The van der Waals surface area contributed by atoms with Gasteiger partial charge in [-0.15, -0.1) is 0 Å². The highest BCUT2D eigenvalue weighted by Crippen LogP contribution is 2.35. The van der Waals surface area contributed by atoms with Crippen molar-refractivity contribution in [3.05, 3.63) is 65.7 Å². The summed E-state index contributed by atoms with van der Waals surface area (Å²) in [7, 11) is 1.66. The van der Waals surface area contributed by atoms with Crippen molar-refractivity contribution in [1.82, 2.24) is 0 Å². The largest absolute Gasteiger partial charge is 0.496 e. The van der Waals surface area contributed by atoms with E-state index in [0.29, 0.717) is 6.42 Å². The van der Waals surface area contributed by atoms with Gasteiger partial charge in [-0.2, -0.15) is 0 Å². The van der Waals surface area contributed by atoms with E-state index in [1.54, 1.807) is 7.11 Å². The lowest BCUT2D eigenvalue weighted by molar-refractivity contribution is -0.136. The Kier molecular flexibility index (Phi) is 5.42. The van der Waals surface area contributed by atoms with Gasteiger partial charge in [-0.25, -0.2) is 0 Å². The third kappa shape index (κ3) is 3.80. The van der Waals surface area contributed by atoms with Gasteiger partial charge in [-0.3, -0.25) is 4.79 Å². The van der Waals surface area contributed by atoms with Crippen LogP contribution in [0.2, 0.25) is 0 Å². The minimum atomic E-state index is -0.780. The van der Waals surface area contributed by atoms with Gasteiger partial charge in [0, 0.05) is 17.2 Å². The summed E-state index contributed by atoms with van der Waals surface area (Å²) in [6, 6.07) is 17.6. The van der Waals surface area contributed by atoms with Gasteiger partial charge in [0.1, 0.15) is 17.2 Å². The number of carboxylic acid groups (broad SMARTS) is 1. The van der Waals surface area contributed by atoms with Crippen LogP contribution in [0.3, 0.4) is 0 Å². The van der Waals surface area contributed by atoms with Gasteiger partial charge in [0.2, 0.25) is 0 Å². The SMILES string of the molecule is CCc1cc(Oc2cccc3c(OC)cccc23)ccc1CCC(=O)O. The highest BCUT2D eigenvalue weighted by molar-refractivity contribution is 5.93. The number of methoxy groups -OCH3 is 1. The molecule has 0 spiro atoms. The molecule has 4 heteroatoms. The smallest absolute Gasteiger partial charge is 0.303 e. The van der Waals surface area contributed by atoms with Crippen molar-refractivity contribution in [3.63, 3.8) is 0 Å². The van der Waals surface area contributed by atoms with Gasteiger partial charge in [0.05, 0.1) is 7.11 Å². The van der Waals surface area contributed by atoms with E-state index in [1.807, 2.05) is 54.6 Å². The van der Waals surface area contributed by atoms with Crippen molar-refractivity contribution in [1.29, 1.82) is 0 Å². The normalized spacial score (nSPS) is 10.7. The van der Waals surface area contributed by atoms with Crippen LogP contribution in [0.1, 0.15) is 24.5 Å². The molecule has 26 heavy (non-hydrogen) atoms. The van der Waals surface area contributed by atoms with Crippen LogP contribution >= 0.6 is 0 Å². The molecule has 4 nitrogen and oxygen atoms in total. The second kappa shape index (κ2) is 7.91. The van der Waals surface area contributed by atoms with E-state index in [-0.39, 0.29) is 6.42 Å². The van der Waals surface area contributed by atoms with Crippen LogP contribution in [0.25, 0.3) is 10.8 Å². The van der Waals surface area contributed by atoms with Crippen molar-refractivity contribution in [2.45, 2.75) is 26.2 Å². The summed E-state index contributed by atoms with van der Waals surface area (Å²) >= 11 is 0. The Balaban J connectivity index is 1.92. The van der Waals surface area contributed by atoms with Crippen LogP contribution < -0.4 is 9.47 Å². The maximum Gasteiger partial charge on any atom is 0.303 e. The Bertz CT molecular complexity index is 931. The number of hydrogen-bond acceptors (Lipinski definition) is 3. The summed E-state index contributed by atoms with van der Waals surface area (Å²) < 4.78 is 11.6. The number of benzene rings is 3. The van der Waals surface area contributed by atoms with Crippen molar-refractivity contribution in [3.8, 4) is 17.2 Å². The number of hydrogen-bond donors (Lipinski definition) is 1. The Morgan fingerprint density at radius 2 is 1.65 bits per heavy atom. The van der Waals surface area contributed by atoms with Gasteiger partial charge in [-0.1, -0.05) is 37.3 Å². The lowest BCUT2D eigenvalue weighted by Crippen LogP contribution is -2.00. The molecule has 0 unspecified atom stereocenters. The standard InChI is InChI=1S/C22H22O4/c1-3-15-14-17(12-10-16(15)11-13-22(23)24)26-21-9-5-6-18-19(21)7-4-8-20(18)25-2/h4-10,12,14H,3,11,13H2,1-2H3,(H,23,24). The average Bonchev–Trinajstić information content (AvgIpc) is 2.66. The number of aliphatic carboxylic acids is 1. The first-order chi connectivity index (χ1) is 12.6. The molecular formula is C22H22O4. The Labute approximate surface area is 153 Å². The van der Waals surface area contributed by atoms with Gasteiger partial charge in [0.25, 0.3) is 0 Å². The molecule has 1 N–H and O–H groups in total. The fourth-order valence-electron chi connectivity index (χ4n) is 3.13. The number of fused-ring (bicyclic) bond motifs is 1. The zero-order valence-electron chi connectivity index (χ0n) is 15.0. The molecule has 0 fully saturated rings. The van der Waals surface area contributed by atoms with Crippen LogP contribution in [-0.2, 0) is 17.6 Å². The van der Waals surface area contributed by atoms with E-state index in [1.165, 1.54) is 0 Å². The molecule has 0 radical (unpaired) electrons. The first-order valence-electron chi connectivity index (χ1n) is 8.69. The molecule has 0 aliphatic carbocycles. The van der Waals surface area contributed by atoms with Crippen molar-refractivity contribution in [2.24, 2.45) is 0 Å². The Hall–Kier alpha value is -3.01. The third-order valence-corrected chi connectivity index (χ3v) is 4.46. The third-order valence-electron chi connectivity index (χ3n) is 4.46. The molecule has 0 amide bonds. The number of carboxylic acids is 1. The van der Waals surface area contributed by atoms with E-state index < -0.39 is 5.97 Å². The lowest BCUT2D eigenvalue weighted by atomic mass is 10.0. The van der Waals surface area contributed by atoms with E-state index in [4.69, 9.17) is 14.6 Å². The molecule has 3 rings (SSSR count). The van der Waals surface area contributed by atoms with E-state index in [0.717, 1.165) is 45.6 Å². The Morgan fingerprint density at radius 3 is 2.31 bits per heavy atom. The van der Waals surface area contributed by atoms with Gasteiger partial charge in [0.15, 0.2) is 0 Å². The maximum atomic E-state index is 10.8. The monoisotopic (exact) mass is 350 g/mol. The van der Waals surface area contributed by atoms with E-state index >= 15 is 0 Å². The number of rotatable bonds is 7. The quantitative estimate of drug-likeness (QED) is 0.635. The second-order valence-electron chi connectivity index (χ2n) is 6.09. The highest BCUT2D eigenvalue weighted by Gasteiger charge is 2.09. The molecule has 0 aliphatic rings. The zero-order chi connectivity index (χ0) is 18.5. The number of carbonyl (C=O) groups is 1. The fourth-order valence-corrected chi connectivity index (χ4v) is 3.13. The van der Waals surface area contributed by atoms with E-state index in [9.17, 15) is 4.79 Å². The highest BCUT2D eigenvalue weighted by atomic mass is 16.5. The van der Waals surface area contributed by atoms with Gasteiger partial charge < -0.3 is 14.6 Å². The van der Waals surface area contributed by atoms with Gasteiger partial charge in [-0.05, 0) is 48.2 Å². The summed E-state index contributed by atoms with van der Waals surface area (Å²) in [5, 5.41) is 10.9. The summed E-state index contributed by atoms with van der Waals surface area (Å²) in [6.45, 7) is 2.06. The molecule has 0 aromatic heterocycles. The summed E-state index contributed by atoms with van der Waals surface area (Å²) in [4.78, 5) is 10.8. The molecule has 0 saturated carbocycles. The molecule has 134 valence electrons. The van der Waals surface area contributed by atoms with Crippen LogP contribution in [0, 0.1) is 0 Å². The number of aryl methyl sites for hydroxylation is 2. The summed E-state index contributed by atoms with van der Waals surface area (Å²) in [5.41, 5.74) is 2.17. The van der Waals surface area contributed by atoms with Crippen LogP contribution in [0.4, 0.5) is 0 Å². The minimum absolute atomic E-state index is 0.135. The molecule has 0 saturated heterocycles. The molecule has 3 aromatic carbocycles. The topological polar surface area (TPSA) is 55.8 Å². The first-order valence-corrected chi connectivity index (χ1v) is 8.69. The second-order valence-corrected chi connectivity index (χ2v) is 6.09. The van der Waals surface area contributed by atoms with Crippen molar-refractivity contribution in [2.75, 3.05) is 7.11 Å². The molecule has 3 aromatic rings. The molecule has 0 heterocycles. The van der Waals surface area contributed by atoms with Crippen LogP contribution in [0.5, 0.6) is 17.2 Å². The molecule has 0 atom stereocenters. The van der Waals surface area contributed by atoms with Crippen LogP contribution in [-0.4, -0.2) is 18.2 Å². The minimum Gasteiger partial charge on any atom is -0.496 e.